The second kappa shape index (κ2) is 31.6. The molecule has 1 fully saturated rings. The Bertz CT molecular complexity index is 1910. The second-order valence-electron chi connectivity index (χ2n) is 20.3. The maximum atomic E-state index is 13.6. The molecule has 4 aromatic rings. The van der Waals surface area contributed by atoms with Crippen molar-refractivity contribution in [1.29, 1.82) is 0 Å². The molecule has 9 nitrogen and oxygen atoms in total. The normalized spacial score (nSPS) is 19.1. The van der Waals surface area contributed by atoms with E-state index in [1.165, 1.54) is 64.2 Å². The molecule has 1 aliphatic rings. The van der Waals surface area contributed by atoms with Gasteiger partial charge in [-0.15, -0.1) is 0 Å². The van der Waals surface area contributed by atoms with Crippen LogP contribution in [0.3, 0.4) is 0 Å². The number of ether oxygens (including phenoxy) is 7. The number of unbranched alkanes of at least 4 members (excludes halogenated alkanes) is 12. The largest absolute Gasteiger partial charge is 0.457 e. The predicted molar refractivity (Wildman–Crippen MR) is 279 cm³/mol. The van der Waals surface area contributed by atoms with E-state index in [4.69, 9.17) is 37.6 Å². The molecular weight excluding hydrogens is 881 g/mol. The molecule has 10 heteroatoms. The minimum atomic E-state index is -2.22. The van der Waals surface area contributed by atoms with E-state index in [1.807, 2.05) is 121 Å². The highest BCUT2D eigenvalue weighted by atomic mass is 28.4. The quantitative estimate of drug-likeness (QED) is 0.0258. The summed E-state index contributed by atoms with van der Waals surface area (Å²) in [7, 11) is -2.22. The molecule has 0 bridgehead atoms. The molecule has 1 saturated heterocycles. The monoisotopic (exact) mass is 967 g/mol. The molecule has 1 heterocycles. The summed E-state index contributed by atoms with van der Waals surface area (Å²) < 4.78 is 53.8. The van der Waals surface area contributed by atoms with Crippen molar-refractivity contribution in [3.8, 4) is 0 Å². The number of carbonyl (C=O) groups excluding carboxylic acids is 1. The first-order valence-corrected chi connectivity index (χ1v) is 29.1. The van der Waals surface area contributed by atoms with Crippen LogP contribution in [0.5, 0.6) is 0 Å². The molecule has 0 N–H and O–H groups in total. The zero-order chi connectivity index (χ0) is 49.0. The van der Waals surface area contributed by atoms with E-state index in [0.717, 1.165) is 41.5 Å². The van der Waals surface area contributed by atoms with Crippen LogP contribution < -0.4 is 0 Å². The smallest absolute Gasteiger partial charge is 0.306 e. The molecule has 0 radical (unpaired) electrons. The molecule has 0 spiro atoms. The summed E-state index contributed by atoms with van der Waals surface area (Å²) in [4.78, 5) is 13.6. The number of hydrogen-bond acceptors (Lipinski definition) is 9. The molecule has 1 aliphatic heterocycles. The van der Waals surface area contributed by atoms with Gasteiger partial charge < -0.3 is 37.6 Å². The summed E-state index contributed by atoms with van der Waals surface area (Å²) in [6.45, 7) is 15.1. The van der Waals surface area contributed by atoms with Gasteiger partial charge in [-0.25, -0.2) is 0 Å². The fourth-order valence-corrected chi connectivity index (χ4v) is 9.28. The van der Waals surface area contributed by atoms with E-state index in [2.05, 4.69) is 40.8 Å². The summed E-state index contributed by atoms with van der Waals surface area (Å²) >= 11 is 0. The third-order valence-corrected chi connectivity index (χ3v) is 18.0. The molecule has 380 valence electrons. The molecule has 0 aliphatic carbocycles. The van der Waals surface area contributed by atoms with Crippen LogP contribution >= 0.6 is 0 Å². The van der Waals surface area contributed by atoms with Crippen molar-refractivity contribution < 1.29 is 42.4 Å². The Hall–Kier alpha value is -3.71. The van der Waals surface area contributed by atoms with E-state index in [0.29, 0.717) is 26.2 Å². The van der Waals surface area contributed by atoms with Crippen molar-refractivity contribution in [2.45, 2.75) is 199 Å². The van der Waals surface area contributed by atoms with Gasteiger partial charge in [0.05, 0.1) is 46.2 Å². The maximum Gasteiger partial charge on any atom is 0.306 e. The number of hydrogen-bond donors (Lipinski definition) is 0. The van der Waals surface area contributed by atoms with Crippen LogP contribution in [0, 0.1) is 0 Å². The van der Waals surface area contributed by atoms with Crippen molar-refractivity contribution in [1.82, 2.24) is 0 Å². The molecule has 0 unspecified atom stereocenters. The van der Waals surface area contributed by atoms with E-state index in [-0.39, 0.29) is 37.4 Å². The van der Waals surface area contributed by atoms with Crippen LogP contribution in [0.25, 0.3) is 0 Å². The summed E-state index contributed by atoms with van der Waals surface area (Å²) in [5.41, 5.74) is 4.08. The van der Waals surface area contributed by atoms with E-state index < -0.39 is 45.1 Å². The lowest BCUT2D eigenvalue weighted by atomic mass is 9.97. The Morgan fingerprint density at radius 2 is 0.957 bits per heavy atom. The lowest BCUT2D eigenvalue weighted by molar-refractivity contribution is -0.331. The molecule has 0 saturated carbocycles. The predicted octanol–water partition coefficient (Wildman–Crippen LogP) is 14.1. The van der Waals surface area contributed by atoms with E-state index in [9.17, 15) is 4.79 Å². The fourth-order valence-electron chi connectivity index (χ4n) is 8.25. The molecule has 6 atom stereocenters. The van der Waals surface area contributed by atoms with E-state index >= 15 is 0 Å². The molecular formula is C59H86O9Si. The summed E-state index contributed by atoms with van der Waals surface area (Å²) in [6.07, 6.45) is 12.3. The highest BCUT2D eigenvalue weighted by Gasteiger charge is 2.49. The topological polar surface area (TPSA) is 90.9 Å². The first kappa shape index (κ1) is 56.2. The van der Waals surface area contributed by atoms with Gasteiger partial charge >= 0.3 is 5.97 Å². The Morgan fingerprint density at radius 3 is 1.42 bits per heavy atom. The van der Waals surface area contributed by atoms with Gasteiger partial charge in [0, 0.05) is 6.42 Å². The minimum absolute atomic E-state index is 0.0351. The van der Waals surface area contributed by atoms with Gasteiger partial charge in [-0.3, -0.25) is 4.79 Å². The Labute approximate surface area is 417 Å². The lowest BCUT2D eigenvalue weighted by Gasteiger charge is -2.46. The highest BCUT2D eigenvalue weighted by molar-refractivity contribution is 6.74. The van der Waals surface area contributed by atoms with Gasteiger partial charge in [0.15, 0.2) is 14.6 Å². The summed E-state index contributed by atoms with van der Waals surface area (Å²) in [6, 6.07) is 40.4. The number of carbonyl (C=O) groups is 1. The number of benzene rings is 4. The third-order valence-electron chi connectivity index (χ3n) is 13.5. The molecule has 69 heavy (non-hydrogen) atoms. The van der Waals surface area contributed by atoms with Gasteiger partial charge in [0.1, 0.15) is 30.5 Å². The molecule has 0 aromatic heterocycles. The van der Waals surface area contributed by atoms with Crippen LogP contribution in [0.1, 0.15) is 140 Å². The van der Waals surface area contributed by atoms with Crippen molar-refractivity contribution in [2.24, 2.45) is 0 Å². The average Bonchev–Trinajstić information content (AvgIpc) is 3.35. The van der Waals surface area contributed by atoms with Crippen molar-refractivity contribution in [3.63, 3.8) is 0 Å². The standard InChI is InChI=1S/C59H86O9Si/c1-7-8-9-10-11-12-13-14-15-16-17-18-31-40-54(60)67-52(46-66-69(5,6)59(2,3)4)45-65-58-57(64-44-51-38-29-22-30-39-51)56(63-43-50-36-27-21-28-37-50)55(62-42-49-34-25-20-26-35-49)53(68-58)47-61-41-48-32-23-19-24-33-48/h19-30,32-39,52-53,55-58H,7-18,31,40-47H2,1-6H3/t52-,53-,55-,56+,57-,58-/m1/s1. The number of rotatable bonds is 34. The van der Waals surface area contributed by atoms with Gasteiger partial charge in [0.25, 0.3) is 0 Å². The lowest BCUT2D eigenvalue weighted by Crippen LogP contribution is -2.62. The van der Waals surface area contributed by atoms with Gasteiger partial charge in [0.2, 0.25) is 0 Å². The van der Waals surface area contributed by atoms with Crippen LogP contribution in [0.15, 0.2) is 121 Å². The zero-order valence-corrected chi connectivity index (χ0v) is 44.0. The molecule has 0 amide bonds. The summed E-state index contributed by atoms with van der Waals surface area (Å²) in [5.74, 6) is -0.238. The van der Waals surface area contributed by atoms with Crippen LogP contribution in [-0.2, 0) is 68.8 Å². The second-order valence-corrected chi connectivity index (χ2v) is 25.1. The van der Waals surface area contributed by atoms with Crippen LogP contribution in [-0.4, -0.2) is 70.9 Å². The summed E-state index contributed by atoms with van der Waals surface area (Å²) in [5, 5.41) is -0.0368. The van der Waals surface area contributed by atoms with Gasteiger partial charge in [-0.1, -0.05) is 226 Å². The Kier molecular flexibility index (Phi) is 25.7. The highest BCUT2D eigenvalue weighted by Crippen LogP contribution is 2.37. The zero-order valence-electron chi connectivity index (χ0n) is 43.0. The van der Waals surface area contributed by atoms with Crippen molar-refractivity contribution >= 4 is 14.3 Å². The average molecular weight is 967 g/mol. The maximum absolute atomic E-state index is 13.6. The van der Waals surface area contributed by atoms with Gasteiger partial charge in [-0.05, 0) is 46.8 Å². The fraction of sp³-hybridized carbons (Fsp3) is 0.576. The van der Waals surface area contributed by atoms with Crippen molar-refractivity contribution in [3.05, 3.63) is 144 Å². The Morgan fingerprint density at radius 1 is 0.536 bits per heavy atom. The van der Waals surface area contributed by atoms with Gasteiger partial charge in [-0.2, -0.15) is 0 Å². The first-order chi connectivity index (χ1) is 33.5. The first-order valence-electron chi connectivity index (χ1n) is 26.2. The van der Waals surface area contributed by atoms with Crippen LogP contribution in [0.2, 0.25) is 18.1 Å². The molecule has 4 aromatic carbocycles. The van der Waals surface area contributed by atoms with Crippen LogP contribution in [0.4, 0.5) is 0 Å². The SMILES string of the molecule is CCCCCCCCCCCCCCCC(=O)O[C@H](CO[C@@H]1O[C@H](COCc2ccccc2)[C@@H](OCc2ccccc2)[C@H](OCc2ccccc2)[C@H]1OCc1ccccc1)CO[Si](C)(C)C(C)(C)C. The Balaban J connectivity index is 1.33. The van der Waals surface area contributed by atoms with Crippen molar-refractivity contribution in [2.75, 3.05) is 19.8 Å². The van der Waals surface area contributed by atoms with E-state index in [1.54, 1.807) is 0 Å². The number of esters is 1. The molecule has 5 rings (SSSR count). The third kappa shape index (κ3) is 21.3. The minimum Gasteiger partial charge on any atom is -0.457 e.